The highest BCUT2D eigenvalue weighted by molar-refractivity contribution is 8.12. The highest BCUT2D eigenvalue weighted by atomic mass is 32.2. The van der Waals surface area contributed by atoms with E-state index in [4.69, 9.17) is 0 Å². The Balaban J connectivity index is 1.31. The molecule has 1 unspecified atom stereocenters. The first kappa shape index (κ1) is 28.8. The molecule has 0 saturated heterocycles. The van der Waals surface area contributed by atoms with Crippen LogP contribution in [0.3, 0.4) is 0 Å². The maximum atomic E-state index is 14.6. The molecule has 0 aliphatic heterocycles. The fraction of sp³-hybridized carbons (Fsp3) is 0.344. The third-order valence-electron chi connectivity index (χ3n) is 8.91. The number of fused-ring (bicyclic) bond motifs is 2. The number of pyridine rings is 1. The minimum Gasteiger partial charge on any atom is -0.291 e. The molecule has 0 spiro atoms. The van der Waals surface area contributed by atoms with Crippen LogP contribution in [0.5, 0.6) is 0 Å². The van der Waals surface area contributed by atoms with Crippen LogP contribution in [0.15, 0.2) is 71.7 Å². The lowest BCUT2D eigenvalue weighted by molar-refractivity contribution is -0.137. The van der Waals surface area contributed by atoms with Crippen molar-refractivity contribution < 1.29 is 22.4 Å². The summed E-state index contributed by atoms with van der Waals surface area (Å²) in [4.78, 5) is 18.7. The summed E-state index contributed by atoms with van der Waals surface area (Å²) in [5.74, 6) is 3.73. The van der Waals surface area contributed by atoms with Gasteiger partial charge in [0.05, 0.1) is 28.6 Å². The summed E-state index contributed by atoms with van der Waals surface area (Å²) < 4.78 is 60.6. The van der Waals surface area contributed by atoms with Gasteiger partial charge in [0, 0.05) is 31.5 Å². The molecule has 3 aliphatic carbocycles. The predicted octanol–water partition coefficient (Wildman–Crippen LogP) is 6.66. The van der Waals surface area contributed by atoms with Gasteiger partial charge in [0.2, 0.25) is 0 Å². The van der Waals surface area contributed by atoms with Gasteiger partial charge < -0.3 is 0 Å². The Morgan fingerprint density at radius 2 is 1.89 bits per heavy atom. The van der Waals surface area contributed by atoms with Crippen LogP contribution in [0.2, 0.25) is 0 Å². The van der Waals surface area contributed by atoms with E-state index in [1.807, 2.05) is 25.4 Å². The van der Waals surface area contributed by atoms with Crippen LogP contribution in [0.4, 0.5) is 17.6 Å². The van der Waals surface area contributed by atoms with E-state index in [2.05, 4.69) is 25.4 Å². The topological polar surface area (TPSA) is 68.8 Å². The van der Waals surface area contributed by atoms with Crippen LogP contribution in [0.25, 0.3) is 11.8 Å². The van der Waals surface area contributed by atoms with Gasteiger partial charge >= 0.3 is 6.18 Å². The molecule has 12 heteroatoms. The number of hydrogen-bond donors (Lipinski definition) is 0. The van der Waals surface area contributed by atoms with Crippen molar-refractivity contribution in [1.29, 1.82) is 0 Å². The zero-order valence-electron chi connectivity index (χ0n) is 24.0. The number of rotatable bonds is 7. The Kier molecular flexibility index (Phi) is 6.96. The van der Waals surface area contributed by atoms with Crippen LogP contribution >= 0.6 is 10.7 Å². The molecule has 44 heavy (non-hydrogen) atoms. The quantitative estimate of drug-likeness (QED) is 0.131. The van der Waals surface area contributed by atoms with Crippen molar-refractivity contribution >= 4 is 28.4 Å². The van der Waals surface area contributed by atoms with E-state index < -0.39 is 33.6 Å². The number of benzene rings is 1. The average molecular weight is 623 g/mol. The largest absolute Gasteiger partial charge is 0.416 e. The molecule has 4 aromatic rings. The van der Waals surface area contributed by atoms with Crippen molar-refractivity contribution in [2.75, 3.05) is 0 Å². The zero-order valence-corrected chi connectivity index (χ0v) is 24.8. The van der Waals surface area contributed by atoms with Gasteiger partial charge in [-0.1, -0.05) is 22.1 Å². The summed E-state index contributed by atoms with van der Waals surface area (Å²) in [6.07, 6.45) is 6.07. The molecule has 2 saturated carbocycles. The molecule has 0 N–H and O–H groups in total. The van der Waals surface area contributed by atoms with E-state index in [0.717, 1.165) is 59.4 Å². The molecule has 0 radical (unpaired) electrons. The summed E-state index contributed by atoms with van der Waals surface area (Å²) >= 11 is 0. The highest BCUT2D eigenvalue weighted by Crippen LogP contribution is 2.54. The molecule has 3 aromatic heterocycles. The smallest absolute Gasteiger partial charge is 0.291 e. The molecule has 3 heterocycles. The Hall–Kier alpha value is -3.90. The highest BCUT2D eigenvalue weighted by Gasteiger charge is 2.52. The molecule has 3 atom stereocenters. The summed E-state index contributed by atoms with van der Waals surface area (Å²) in [5.41, 5.74) is 0.910. The third kappa shape index (κ3) is 5.03. The zero-order chi connectivity index (χ0) is 30.8. The molecule has 7 nitrogen and oxygen atoms in total. The number of nitrogens with zero attached hydrogens (tertiary/aromatic N) is 6. The molecule has 3 aliphatic rings. The van der Waals surface area contributed by atoms with Gasteiger partial charge in [-0.25, -0.2) is 13.4 Å². The maximum absolute atomic E-state index is 14.6. The summed E-state index contributed by atoms with van der Waals surface area (Å²) in [5, 5.41) is 10.1. The van der Waals surface area contributed by atoms with Crippen LogP contribution in [0, 0.1) is 11.2 Å². The Morgan fingerprint density at radius 3 is 2.57 bits per heavy atom. The minimum absolute atomic E-state index is 0.0362. The Morgan fingerprint density at radius 1 is 1.11 bits per heavy atom. The molecule has 1 aromatic carbocycles. The van der Waals surface area contributed by atoms with Crippen molar-refractivity contribution in [3.8, 4) is 5.69 Å². The van der Waals surface area contributed by atoms with E-state index in [9.17, 15) is 22.4 Å². The number of halogens is 4. The van der Waals surface area contributed by atoms with E-state index in [1.54, 1.807) is 27.7 Å². The second-order valence-corrected chi connectivity index (χ2v) is 13.4. The van der Waals surface area contributed by atoms with Crippen molar-refractivity contribution in [2.45, 2.75) is 61.8 Å². The summed E-state index contributed by atoms with van der Waals surface area (Å²) in [6.45, 7) is 0. The third-order valence-corrected chi connectivity index (χ3v) is 10.7. The van der Waals surface area contributed by atoms with E-state index in [1.165, 1.54) is 12.1 Å². The van der Waals surface area contributed by atoms with Gasteiger partial charge in [-0.2, -0.15) is 23.4 Å². The minimum atomic E-state index is -4.60. The second kappa shape index (κ2) is 10.6. The first-order valence-electron chi connectivity index (χ1n) is 14.5. The van der Waals surface area contributed by atoms with Crippen LogP contribution in [-0.2, 0) is 19.6 Å². The van der Waals surface area contributed by atoms with Crippen molar-refractivity contribution in [3.05, 3.63) is 95.0 Å². The van der Waals surface area contributed by atoms with Gasteiger partial charge in [0.25, 0.3) is 0 Å². The summed E-state index contributed by atoms with van der Waals surface area (Å²) in [7, 11) is 1.28. The van der Waals surface area contributed by atoms with Crippen LogP contribution in [-0.4, -0.2) is 52.6 Å². The number of ketones is 1. The van der Waals surface area contributed by atoms with E-state index in [0.29, 0.717) is 24.6 Å². The van der Waals surface area contributed by atoms with E-state index >= 15 is 0 Å². The molecule has 0 amide bonds. The summed E-state index contributed by atoms with van der Waals surface area (Å²) in [6, 6.07) is 9.99. The van der Waals surface area contributed by atoms with Gasteiger partial charge in [-0.3, -0.25) is 14.5 Å². The number of allylic oxidation sites excluding steroid dienone is 1. The molecule has 7 rings (SSSR count). The first-order chi connectivity index (χ1) is 21.0. The van der Waals surface area contributed by atoms with Crippen LogP contribution in [0.1, 0.15) is 59.4 Å². The molecular formula is C32H30F4N6OS. The lowest BCUT2D eigenvalue weighted by Gasteiger charge is -2.47. The lowest BCUT2D eigenvalue weighted by Crippen LogP contribution is -2.48. The molecule has 228 valence electrons. The van der Waals surface area contributed by atoms with Gasteiger partial charge in [0.15, 0.2) is 5.78 Å². The molecule has 2 fully saturated rings. The predicted molar refractivity (Wildman–Crippen MR) is 160 cm³/mol. The fourth-order valence-electron chi connectivity index (χ4n) is 6.68. The van der Waals surface area contributed by atoms with Gasteiger partial charge in [-0.15, -0.1) is 0 Å². The van der Waals surface area contributed by atoms with Gasteiger partial charge in [-0.05, 0) is 92.6 Å². The van der Waals surface area contributed by atoms with Gasteiger partial charge in [0.1, 0.15) is 16.5 Å². The van der Waals surface area contributed by atoms with E-state index in [-0.39, 0.29) is 24.0 Å². The standard InChI is InChI=1S/C32H30F4N6OS/c1-40-14-12-29(39-40)44(2)42(25-9-10-25)26-6-3-21-16-28-20(19-38-41(28)24-7-4-23(33)5-8-24)17-31(21,18-26)30(43)27-15-22(11-13-37-27)32(34,35)36/h4-5,7-8,11-16,19,25-26H,2-3,6,9-10,17-18H2,1H3/t26-,31-,44?/m0/s1. The average Bonchev–Trinajstić information content (AvgIpc) is 3.61. The normalized spacial score (nSPS) is 22.3. The number of hydrogen-bond acceptors (Lipinski definition) is 5. The monoisotopic (exact) mass is 622 g/mol. The number of Topliss-reactive ketones (excluding diaryl/α,β-unsaturated/α-hetero) is 1. The Labute approximate surface area is 254 Å². The fourth-order valence-corrected chi connectivity index (χ4v) is 8.45. The number of aryl methyl sites for hydroxylation is 1. The number of carbonyl (C=O) groups is 1. The lowest BCUT2D eigenvalue weighted by atomic mass is 9.60. The van der Waals surface area contributed by atoms with Crippen LogP contribution < -0.4 is 0 Å². The molecular weight excluding hydrogens is 592 g/mol. The van der Waals surface area contributed by atoms with Crippen molar-refractivity contribution in [2.24, 2.45) is 12.5 Å². The van der Waals surface area contributed by atoms with Crippen molar-refractivity contribution in [1.82, 2.24) is 28.9 Å². The number of carbonyl (C=O) groups excluding carboxylic acids is 1. The number of alkyl halides is 3. The van der Waals surface area contributed by atoms with Crippen molar-refractivity contribution in [3.63, 3.8) is 0 Å². The maximum Gasteiger partial charge on any atom is 0.416 e. The number of aromatic nitrogens is 5. The first-order valence-corrected chi connectivity index (χ1v) is 15.8. The second-order valence-electron chi connectivity index (χ2n) is 11.8. The molecule has 0 bridgehead atoms. The Bertz CT molecular complexity index is 1810. The SMILES string of the molecule is C=S(c1ccn(C)n1)N(C1CC1)[C@H]1CCC2=Cc3c(cnn3-c3ccc(F)cc3)C[C@]2(C(=O)c2cc(C(F)(F)F)ccn2)C1.